The average molecular weight is 338 g/mol. The van der Waals surface area contributed by atoms with Crippen LogP contribution in [0.2, 0.25) is 0 Å². The maximum atomic E-state index is 11.5. The normalized spacial score (nSPS) is 17.3. The molecule has 0 bridgehead atoms. The van der Waals surface area contributed by atoms with Crippen LogP contribution < -0.4 is 0 Å². The van der Waals surface area contributed by atoms with Crippen molar-refractivity contribution in [3.05, 3.63) is 0 Å². The van der Waals surface area contributed by atoms with Gasteiger partial charge in [0.05, 0.1) is 11.9 Å². The fourth-order valence-corrected chi connectivity index (χ4v) is 2.70. The highest BCUT2D eigenvalue weighted by Gasteiger charge is 2.23. The third kappa shape index (κ3) is 4.97. The molecule has 0 N–H and O–H groups in total. The number of oxime groups is 1. The maximum absolute atomic E-state index is 11.5. The quantitative estimate of drug-likeness (QED) is 0.243. The highest BCUT2D eigenvalue weighted by atomic mass is 79.9. The Labute approximate surface area is 119 Å². The van der Waals surface area contributed by atoms with Crippen molar-refractivity contribution < 1.29 is 19.2 Å². The smallest absolute Gasteiger partial charge is 0.364 e. The summed E-state index contributed by atoms with van der Waals surface area (Å²) >= 11 is 4.87. The second kappa shape index (κ2) is 8.53. The zero-order chi connectivity index (χ0) is 13.4. The van der Waals surface area contributed by atoms with Crippen molar-refractivity contribution in [1.29, 1.82) is 0 Å². The van der Waals surface area contributed by atoms with Gasteiger partial charge in [-0.2, -0.15) is 11.8 Å². The predicted octanol–water partition coefficient (Wildman–Crippen LogP) is 1.78. The van der Waals surface area contributed by atoms with Crippen LogP contribution in [0.15, 0.2) is 5.16 Å². The van der Waals surface area contributed by atoms with Crippen LogP contribution >= 0.6 is 27.7 Å². The van der Waals surface area contributed by atoms with E-state index in [1.165, 1.54) is 0 Å². The van der Waals surface area contributed by atoms with Gasteiger partial charge in [0.15, 0.2) is 0 Å². The van der Waals surface area contributed by atoms with Gasteiger partial charge in [0.1, 0.15) is 6.10 Å². The van der Waals surface area contributed by atoms with E-state index in [1.54, 1.807) is 6.92 Å². The summed E-state index contributed by atoms with van der Waals surface area (Å²) in [5.41, 5.74) is -0.271. The Morgan fingerprint density at radius 3 is 2.61 bits per heavy atom. The summed E-state index contributed by atoms with van der Waals surface area (Å²) in [6.07, 6.45) is 1.75. The van der Waals surface area contributed by atoms with Crippen LogP contribution in [-0.4, -0.2) is 47.0 Å². The van der Waals surface area contributed by atoms with Gasteiger partial charge in [-0.1, -0.05) is 21.1 Å². The van der Waals surface area contributed by atoms with Crippen molar-refractivity contribution in [2.75, 3.05) is 23.4 Å². The largest absolute Gasteiger partial charge is 0.461 e. The first-order chi connectivity index (χ1) is 8.69. The fourth-order valence-electron chi connectivity index (χ4n) is 1.37. The van der Waals surface area contributed by atoms with Gasteiger partial charge in [-0.3, -0.25) is 4.79 Å². The molecule has 1 fully saturated rings. The van der Waals surface area contributed by atoms with Gasteiger partial charge in [0.2, 0.25) is 11.5 Å². The molecule has 1 saturated heterocycles. The number of alkyl halides is 1. The molecule has 1 aliphatic rings. The lowest BCUT2D eigenvalue weighted by molar-refractivity contribution is -0.136. The number of hydrogen-bond donors (Lipinski definition) is 0. The Balaban J connectivity index is 2.62. The predicted molar refractivity (Wildman–Crippen MR) is 74.3 cm³/mol. The van der Waals surface area contributed by atoms with E-state index >= 15 is 0 Å². The zero-order valence-electron chi connectivity index (χ0n) is 10.2. The first kappa shape index (κ1) is 15.5. The minimum atomic E-state index is -0.730. The number of hydrogen-bond acceptors (Lipinski definition) is 6. The molecule has 7 heteroatoms. The second-order valence-electron chi connectivity index (χ2n) is 3.63. The Hall–Kier alpha value is -0.560. The summed E-state index contributed by atoms with van der Waals surface area (Å²) in [5.74, 6) is 0.869. The summed E-state index contributed by atoms with van der Waals surface area (Å²) in [4.78, 5) is 28.3. The van der Waals surface area contributed by atoms with E-state index in [0.717, 1.165) is 24.3 Å². The molecule has 0 spiro atoms. The highest BCUT2D eigenvalue weighted by Crippen LogP contribution is 2.19. The molecular formula is C11H16BrNO4S. The first-order valence-electron chi connectivity index (χ1n) is 5.76. The molecule has 0 radical (unpaired) electrons. The monoisotopic (exact) mass is 337 g/mol. The number of thioether (sulfide) groups is 1. The van der Waals surface area contributed by atoms with Crippen molar-refractivity contribution in [2.45, 2.75) is 25.9 Å². The van der Waals surface area contributed by atoms with E-state index < -0.39 is 11.8 Å². The number of ether oxygens (including phenoxy) is 1. The third-order valence-corrected chi connectivity index (χ3v) is 3.87. The standard InChI is InChI=1S/C11H16BrNO4S/c1-2-16-11(15)10(9(14)7-12)13-17-8-3-5-18-6-4-8/h8H,2-7H2,1H3/b13-10-. The van der Waals surface area contributed by atoms with Gasteiger partial charge in [-0.25, -0.2) is 4.79 Å². The summed E-state index contributed by atoms with van der Waals surface area (Å²) in [6, 6.07) is 0. The van der Waals surface area contributed by atoms with Crippen LogP contribution in [0.5, 0.6) is 0 Å². The summed E-state index contributed by atoms with van der Waals surface area (Å²) in [6.45, 7) is 1.88. The molecule has 1 aliphatic heterocycles. The van der Waals surface area contributed by atoms with Crippen molar-refractivity contribution in [2.24, 2.45) is 5.16 Å². The summed E-state index contributed by atoms with van der Waals surface area (Å²) in [5, 5.41) is 3.71. The lowest BCUT2D eigenvalue weighted by Gasteiger charge is -2.19. The minimum Gasteiger partial charge on any atom is -0.461 e. The van der Waals surface area contributed by atoms with E-state index in [0.29, 0.717) is 0 Å². The molecule has 18 heavy (non-hydrogen) atoms. The van der Waals surface area contributed by atoms with Crippen LogP contribution in [0.3, 0.4) is 0 Å². The molecule has 0 amide bonds. The van der Waals surface area contributed by atoms with Crippen LogP contribution in [0, 0.1) is 0 Å². The number of carbonyl (C=O) groups is 2. The molecule has 0 aromatic heterocycles. The number of ketones is 1. The Morgan fingerprint density at radius 2 is 2.06 bits per heavy atom. The van der Waals surface area contributed by atoms with Crippen molar-refractivity contribution in [3.8, 4) is 0 Å². The van der Waals surface area contributed by atoms with Crippen LogP contribution in [0.1, 0.15) is 19.8 Å². The Morgan fingerprint density at radius 1 is 1.39 bits per heavy atom. The summed E-state index contributed by atoms with van der Waals surface area (Å²) < 4.78 is 4.77. The van der Waals surface area contributed by atoms with E-state index in [1.807, 2.05) is 11.8 Å². The fraction of sp³-hybridized carbons (Fsp3) is 0.727. The molecule has 0 aromatic carbocycles. The van der Waals surface area contributed by atoms with Crippen molar-refractivity contribution >= 4 is 45.2 Å². The molecule has 5 nitrogen and oxygen atoms in total. The molecule has 0 aliphatic carbocycles. The maximum Gasteiger partial charge on any atom is 0.364 e. The Bertz CT molecular complexity index is 329. The Kier molecular flexibility index (Phi) is 7.34. The van der Waals surface area contributed by atoms with E-state index in [2.05, 4.69) is 21.1 Å². The summed E-state index contributed by atoms with van der Waals surface area (Å²) in [7, 11) is 0. The van der Waals surface area contributed by atoms with Crippen LogP contribution in [-0.2, 0) is 19.2 Å². The molecule has 0 atom stereocenters. The number of halogens is 1. The van der Waals surface area contributed by atoms with E-state index in [4.69, 9.17) is 9.57 Å². The van der Waals surface area contributed by atoms with E-state index in [9.17, 15) is 9.59 Å². The molecule has 0 aromatic rings. The SMILES string of the molecule is CCOC(=O)/C(=N\OC1CCSCC1)C(=O)CBr. The molecular weight excluding hydrogens is 322 g/mol. The lowest BCUT2D eigenvalue weighted by Crippen LogP contribution is -2.29. The van der Waals surface area contributed by atoms with Crippen LogP contribution in [0.25, 0.3) is 0 Å². The topological polar surface area (TPSA) is 65.0 Å². The van der Waals surface area contributed by atoms with Gasteiger partial charge in [-0.15, -0.1) is 0 Å². The van der Waals surface area contributed by atoms with Gasteiger partial charge in [0, 0.05) is 0 Å². The van der Waals surface area contributed by atoms with Gasteiger partial charge in [-0.05, 0) is 31.3 Å². The van der Waals surface area contributed by atoms with Gasteiger partial charge < -0.3 is 9.57 Å². The number of Topliss-reactive ketones (excluding diaryl/α,β-unsaturated/α-hetero) is 1. The molecule has 1 rings (SSSR count). The average Bonchev–Trinajstić information content (AvgIpc) is 2.40. The van der Waals surface area contributed by atoms with Crippen LogP contribution in [0.4, 0.5) is 0 Å². The molecule has 102 valence electrons. The number of rotatable bonds is 6. The van der Waals surface area contributed by atoms with E-state index in [-0.39, 0.29) is 23.8 Å². The molecule has 0 unspecified atom stereocenters. The number of carbonyl (C=O) groups excluding carboxylic acids is 2. The molecule has 1 heterocycles. The lowest BCUT2D eigenvalue weighted by atomic mass is 10.2. The third-order valence-electron chi connectivity index (χ3n) is 2.32. The number of esters is 1. The zero-order valence-corrected chi connectivity index (χ0v) is 12.6. The van der Waals surface area contributed by atoms with Gasteiger partial charge >= 0.3 is 5.97 Å². The first-order valence-corrected chi connectivity index (χ1v) is 8.04. The number of nitrogens with zero attached hydrogens (tertiary/aromatic N) is 1. The van der Waals surface area contributed by atoms with Gasteiger partial charge in [0.25, 0.3) is 0 Å². The van der Waals surface area contributed by atoms with Crippen molar-refractivity contribution in [1.82, 2.24) is 0 Å². The molecule has 0 saturated carbocycles. The highest BCUT2D eigenvalue weighted by molar-refractivity contribution is 9.09. The minimum absolute atomic E-state index is 0.0150. The van der Waals surface area contributed by atoms with Crippen molar-refractivity contribution in [3.63, 3.8) is 0 Å². The second-order valence-corrected chi connectivity index (χ2v) is 5.42.